The maximum Gasteiger partial charge on any atom is 0.253 e. The number of hydrogen-bond acceptors (Lipinski definition) is 7. The Balaban J connectivity index is 1.33. The molecule has 1 fully saturated rings. The van der Waals surface area contributed by atoms with Gasteiger partial charge in [-0.15, -0.1) is 0 Å². The Kier molecular flexibility index (Phi) is 10.7. The van der Waals surface area contributed by atoms with Gasteiger partial charge in [-0.3, -0.25) is 14.5 Å². The third kappa shape index (κ3) is 8.16. The van der Waals surface area contributed by atoms with Crippen LogP contribution in [0.5, 0.6) is 5.75 Å². The summed E-state index contributed by atoms with van der Waals surface area (Å²) in [5, 5.41) is 6.25. The summed E-state index contributed by atoms with van der Waals surface area (Å²) in [5.41, 5.74) is 6.81. The molecular formula is C26H40N4O3. The molecule has 4 N–H and O–H groups in total. The molecule has 1 saturated heterocycles. The number of ether oxygens (including phenoxy) is 1. The Bertz CT molecular complexity index is 901. The summed E-state index contributed by atoms with van der Waals surface area (Å²) in [6, 6.07) is 8.31. The fraction of sp³-hybridized carbons (Fsp3) is 0.615. The van der Waals surface area contributed by atoms with Crippen molar-refractivity contribution in [2.45, 2.75) is 64.3 Å². The molecule has 2 aromatic carbocycles. The van der Waals surface area contributed by atoms with Gasteiger partial charge < -0.3 is 21.1 Å². The molecule has 0 amide bonds. The number of nitrogens with one attached hydrogen (secondary N) is 2. The average molecular weight is 457 g/mol. The normalized spacial score (nSPS) is 14.5. The van der Waals surface area contributed by atoms with Gasteiger partial charge in [-0.05, 0) is 69.4 Å². The molecule has 33 heavy (non-hydrogen) atoms. The molecule has 182 valence electrons. The minimum absolute atomic E-state index is 0.414. The quantitative estimate of drug-likeness (QED) is 0.263. The van der Waals surface area contributed by atoms with Gasteiger partial charge in [-0.25, -0.2) is 0 Å². The van der Waals surface area contributed by atoms with Crippen LogP contribution in [-0.4, -0.2) is 44.2 Å². The standard InChI is InChI=1S/C26H40N4O3/c27-13-5-2-1-3-6-14-28-23-24(26(32)25(23)31)29-15-10-18-33-22-12-9-11-21(19-22)20-30-16-7-4-8-17-30/h9,11-12,19,28-29H,1-8,10,13-18,20,27H2. The van der Waals surface area contributed by atoms with E-state index in [9.17, 15) is 9.59 Å². The fourth-order valence-electron chi connectivity index (χ4n) is 4.33. The van der Waals surface area contributed by atoms with E-state index in [1.54, 1.807) is 0 Å². The number of nitrogens with two attached hydrogens (primary N) is 1. The van der Waals surface area contributed by atoms with Gasteiger partial charge in [-0.1, -0.05) is 37.8 Å². The minimum Gasteiger partial charge on any atom is -0.494 e. The van der Waals surface area contributed by atoms with Gasteiger partial charge in [0.1, 0.15) is 17.1 Å². The molecule has 0 aliphatic carbocycles. The third-order valence-corrected chi connectivity index (χ3v) is 6.24. The first-order valence-electron chi connectivity index (χ1n) is 12.6. The predicted octanol–water partition coefficient (Wildman–Crippen LogP) is 3.47. The first kappa shape index (κ1) is 25.2. The molecule has 0 bridgehead atoms. The fourth-order valence-corrected chi connectivity index (χ4v) is 4.33. The smallest absolute Gasteiger partial charge is 0.253 e. The molecule has 1 heterocycles. The molecule has 1 aliphatic rings. The third-order valence-electron chi connectivity index (χ3n) is 6.24. The lowest BCUT2D eigenvalue weighted by Gasteiger charge is -2.26. The summed E-state index contributed by atoms with van der Waals surface area (Å²) < 4.78 is 5.91. The van der Waals surface area contributed by atoms with Gasteiger partial charge in [-0.2, -0.15) is 0 Å². The molecule has 0 atom stereocenters. The summed E-state index contributed by atoms with van der Waals surface area (Å²) in [5.74, 6) is 0.882. The van der Waals surface area contributed by atoms with Crippen LogP contribution in [0.1, 0.15) is 63.4 Å². The summed E-state index contributed by atoms with van der Waals surface area (Å²) in [4.78, 5) is 26.3. The van der Waals surface area contributed by atoms with E-state index in [0.717, 1.165) is 57.4 Å². The summed E-state index contributed by atoms with van der Waals surface area (Å²) in [6.07, 6.45) is 10.1. The molecule has 0 spiro atoms. The van der Waals surface area contributed by atoms with E-state index < -0.39 is 10.9 Å². The molecule has 0 unspecified atom stereocenters. The number of benzene rings is 1. The van der Waals surface area contributed by atoms with Crippen molar-refractivity contribution in [2.75, 3.05) is 50.0 Å². The van der Waals surface area contributed by atoms with Crippen LogP contribution in [0.3, 0.4) is 0 Å². The van der Waals surface area contributed by atoms with Gasteiger partial charge in [0, 0.05) is 19.6 Å². The van der Waals surface area contributed by atoms with E-state index >= 15 is 0 Å². The SMILES string of the molecule is NCCCCCCCNc1c(NCCCOc2cccc(CN3CCCCC3)c2)c(=O)c1=O. The number of anilines is 2. The highest BCUT2D eigenvalue weighted by atomic mass is 16.5. The topological polar surface area (TPSA) is 96.7 Å². The monoisotopic (exact) mass is 456 g/mol. The molecular weight excluding hydrogens is 416 g/mol. The second kappa shape index (κ2) is 14.0. The lowest BCUT2D eigenvalue weighted by Crippen LogP contribution is -2.37. The van der Waals surface area contributed by atoms with E-state index in [4.69, 9.17) is 10.5 Å². The largest absolute Gasteiger partial charge is 0.494 e. The molecule has 0 aromatic heterocycles. The summed E-state index contributed by atoms with van der Waals surface area (Å²) in [7, 11) is 0. The van der Waals surface area contributed by atoms with Crippen LogP contribution in [-0.2, 0) is 6.54 Å². The van der Waals surface area contributed by atoms with Gasteiger partial charge >= 0.3 is 0 Å². The lowest BCUT2D eigenvalue weighted by atomic mass is 10.1. The van der Waals surface area contributed by atoms with E-state index in [-0.39, 0.29) is 0 Å². The number of nitrogens with zero attached hydrogens (tertiary/aromatic N) is 1. The first-order chi connectivity index (χ1) is 16.2. The van der Waals surface area contributed by atoms with Crippen LogP contribution in [0.4, 0.5) is 11.4 Å². The Morgan fingerprint density at radius 3 is 2.24 bits per heavy atom. The van der Waals surface area contributed by atoms with Crippen LogP contribution in [0, 0.1) is 0 Å². The Hall–Kier alpha value is -2.38. The van der Waals surface area contributed by atoms with Crippen molar-refractivity contribution >= 4 is 11.4 Å². The number of unbranched alkanes of at least 4 members (excludes halogenated alkanes) is 4. The maximum atomic E-state index is 11.9. The van der Waals surface area contributed by atoms with Crippen LogP contribution >= 0.6 is 0 Å². The van der Waals surface area contributed by atoms with E-state index in [2.05, 4.69) is 27.7 Å². The first-order valence-corrected chi connectivity index (χ1v) is 12.6. The zero-order valence-corrected chi connectivity index (χ0v) is 19.9. The maximum absolute atomic E-state index is 11.9. The number of hydrogen-bond donors (Lipinski definition) is 3. The zero-order valence-electron chi connectivity index (χ0n) is 19.9. The molecule has 0 radical (unpaired) electrons. The van der Waals surface area contributed by atoms with Gasteiger partial charge in [0.05, 0.1) is 6.61 Å². The van der Waals surface area contributed by atoms with E-state index in [1.807, 2.05) is 12.1 Å². The number of piperidine rings is 1. The summed E-state index contributed by atoms with van der Waals surface area (Å²) >= 11 is 0. The highest BCUT2D eigenvalue weighted by Gasteiger charge is 2.19. The second-order valence-corrected chi connectivity index (χ2v) is 9.00. The van der Waals surface area contributed by atoms with Crippen molar-refractivity contribution in [1.29, 1.82) is 0 Å². The molecule has 7 nitrogen and oxygen atoms in total. The van der Waals surface area contributed by atoms with Crippen molar-refractivity contribution in [3.8, 4) is 5.75 Å². The highest BCUT2D eigenvalue weighted by Crippen LogP contribution is 2.18. The number of likely N-dealkylation sites (tertiary alicyclic amines) is 1. The molecule has 3 rings (SSSR count). The second-order valence-electron chi connectivity index (χ2n) is 9.00. The van der Waals surface area contributed by atoms with Crippen LogP contribution in [0.15, 0.2) is 33.9 Å². The average Bonchev–Trinajstić information content (AvgIpc) is 2.84. The minimum atomic E-state index is -0.424. The Labute approximate surface area is 197 Å². The molecule has 1 aliphatic heterocycles. The molecule has 2 aromatic rings. The van der Waals surface area contributed by atoms with Crippen LogP contribution in [0.25, 0.3) is 0 Å². The van der Waals surface area contributed by atoms with Gasteiger partial charge in [0.2, 0.25) is 0 Å². The van der Waals surface area contributed by atoms with Gasteiger partial charge in [0.25, 0.3) is 10.9 Å². The van der Waals surface area contributed by atoms with Crippen molar-refractivity contribution < 1.29 is 4.74 Å². The predicted molar refractivity (Wildman–Crippen MR) is 136 cm³/mol. The van der Waals surface area contributed by atoms with Crippen LogP contribution in [0.2, 0.25) is 0 Å². The van der Waals surface area contributed by atoms with E-state index in [1.165, 1.54) is 37.9 Å². The Morgan fingerprint density at radius 2 is 1.52 bits per heavy atom. The zero-order chi connectivity index (χ0) is 23.3. The number of rotatable bonds is 16. The van der Waals surface area contributed by atoms with Crippen molar-refractivity contribution in [3.63, 3.8) is 0 Å². The molecule has 7 heteroatoms. The Morgan fingerprint density at radius 1 is 0.848 bits per heavy atom. The van der Waals surface area contributed by atoms with E-state index in [0.29, 0.717) is 31.1 Å². The van der Waals surface area contributed by atoms with Gasteiger partial charge in [0.15, 0.2) is 0 Å². The molecule has 0 saturated carbocycles. The van der Waals surface area contributed by atoms with Crippen molar-refractivity contribution in [1.82, 2.24) is 4.90 Å². The lowest BCUT2D eigenvalue weighted by molar-refractivity contribution is 0.220. The van der Waals surface area contributed by atoms with Crippen molar-refractivity contribution in [3.05, 3.63) is 50.3 Å². The van der Waals surface area contributed by atoms with Crippen LogP contribution < -0.4 is 32.0 Å². The summed E-state index contributed by atoms with van der Waals surface area (Å²) in [6.45, 7) is 5.94. The highest BCUT2D eigenvalue weighted by molar-refractivity contribution is 5.73. The van der Waals surface area contributed by atoms with Crippen molar-refractivity contribution in [2.24, 2.45) is 5.73 Å².